The van der Waals surface area contributed by atoms with Crippen molar-refractivity contribution in [3.63, 3.8) is 0 Å². The monoisotopic (exact) mass is 240 g/mol. The molecule has 0 amide bonds. The van der Waals surface area contributed by atoms with E-state index in [1.54, 1.807) is 0 Å². The molecule has 1 heterocycles. The average molecular weight is 240 g/mol. The van der Waals surface area contributed by atoms with E-state index in [1.165, 1.54) is 0 Å². The fourth-order valence-electron chi connectivity index (χ4n) is 3.70. The fraction of sp³-hybridized carbons (Fsp3) is 0.923. The summed E-state index contributed by atoms with van der Waals surface area (Å²) in [5.41, 5.74) is -0.268. The van der Waals surface area contributed by atoms with Crippen molar-refractivity contribution in [1.82, 2.24) is 0 Å². The molecular weight excluding hydrogens is 220 g/mol. The second kappa shape index (κ2) is 3.77. The number of carbonyl (C=O) groups excluding carboxylic acids is 1. The highest BCUT2D eigenvalue weighted by Crippen LogP contribution is 2.53. The molecule has 0 radical (unpaired) electrons. The maximum atomic E-state index is 12.1. The largest absolute Gasteiger partial charge is 0.393 e. The number of hydrogen-bond donors (Lipinski definition) is 1. The SMILES string of the molecule is C[C@]12CCC3(C[C@@H]1C(=O)CCC2O)OCCO3. The van der Waals surface area contributed by atoms with Crippen LogP contribution in [0.3, 0.4) is 0 Å². The molecule has 1 aliphatic heterocycles. The van der Waals surface area contributed by atoms with Crippen molar-refractivity contribution in [3.8, 4) is 0 Å². The van der Waals surface area contributed by atoms with E-state index in [9.17, 15) is 9.90 Å². The molecule has 0 aromatic carbocycles. The lowest BCUT2D eigenvalue weighted by Crippen LogP contribution is -2.55. The van der Waals surface area contributed by atoms with Crippen LogP contribution in [-0.2, 0) is 14.3 Å². The molecule has 3 atom stereocenters. The van der Waals surface area contributed by atoms with Gasteiger partial charge in [-0.05, 0) is 12.8 Å². The molecule has 1 spiro atoms. The van der Waals surface area contributed by atoms with Gasteiger partial charge in [-0.3, -0.25) is 4.79 Å². The molecule has 3 aliphatic rings. The van der Waals surface area contributed by atoms with Crippen molar-refractivity contribution in [3.05, 3.63) is 0 Å². The molecule has 4 heteroatoms. The van der Waals surface area contributed by atoms with E-state index in [4.69, 9.17) is 9.47 Å². The van der Waals surface area contributed by atoms with Crippen LogP contribution in [0.2, 0.25) is 0 Å². The summed E-state index contributed by atoms with van der Waals surface area (Å²) in [5, 5.41) is 10.2. The van der Waals surface area contributed by atoms with Crippen LogP contribution in [0.25, 0.3) is 0 Å². The van der Waals surface area contributed by atoms with Crippen molar-refractivity contribution in [2.45, 2.75) is 50.9 Å². The van der Waals surface area contributed by atoms with Gasteiger partial charge >= 0.3 is 0 Å². The molecule has 1 unspecified atom stereocenters. The van der Waals surface area contributed by atoms with Crippen molar-refractivity contribution in [2.75, 3.05) is 13.2 Å². The number of fused-ring (bicyclic) bond motifs is 1. The third kappa shape index (κ3) is 1.65. The number of aliphatic hydroxyl groups excluding tert-OH is 1. The Hall–Kier alpha value is -0.450. The summed E-state index contributed by atoms with van der Waals surface area (Å²) < 4.78 is 11.4. The van der Waals surface area contributed by atoms with Gasteiger partial charge in [-0.25, -0.2) is 0 Å². The van der Waals surface area contributed by atoms with Gasteiger partial charge in [-0.2, -0.15) is 0 Å². The number of ketones is 1. The molecule has 2 saturated carbocycles. The Bertz CT molecular complexity index is 334. The molecule has 3 rings (SSSR count). The predicted octanol–water partition coefficient (Wildman–Crippen LogP) is 1.26. The molecule has 0 bridgehead atoms. The minimum absolute atomic E-state index is 0.0990. The smallest absolute Gasteiger partial charge is 0.169 e. The highest BCUT2D eigenvalue weighted by atomic mass is 16.7. The van der Waals surface area contributed by atoms with E-state index >= 15 is 0 Å². The predicted molar refractivity (Wildman–Crippen MR) is 60.3 cm³/mol. The number of ether oxygens (including phenoxy) is 2. The Morgan fingerprint density at radius 2 is 2.00 bits per heavy atom. The Balaban J connectivity index is 1.86. The summed E-state index contributed by atoms with van der Waals surface area (Å²) in [6.45, 7) is 3.29. The zero-order chi connectivity index (χ0) is 12.1. The third-order valence-electron chi connectivity index (χ3n) is 4.98. The molecular formula is C13H20O4. The van der Waals surface area contributed by atoms with Gasteiger partial charge in [0.05, 0.1) is 19.3 Å². The second-order valence-electron chi connectivity index (χ2n) is 5.89. The number of rotatable bonds is 0. The van der Waals surface area contributed by atoms with Crippen LogP contribution in [-0.4, -0.2) is 36.0 Å². The van der Waals surface area contributed by atoms with E-state index in [0.29, 0.717) is 32.5 Å². The third-order valence-corrected chi connectivity index (χ3v) is 4.98. The number of Topliss-reactive ketones (excluding diaryl/α,β-unsaturated/α-hetero) is 1. The van der Waals surface area contributed by atoms with Crippen molar-refractivity contribution in [2.24, 2.45) is 11.3 Å². The van der Waals surface area contributed by atoms with Crippen molar-refractivity contribution < 1.29 is 19.4 Å². The molecule has 1 saturated heterocycles. The lowest BCUT2D eigenvalue weighted by Gasteiger charge is -2.51. The molecule has 4 nitrogen and oxygen atoms in total. The molecule has 2 aliphatic carbocycles. The zero-order valence-electron chi connectivity index (χ0n) is 10.3. The van der Waals surface area contributed by atoms with E-state index in [1.807, 2.05) is 6.92 Å². The summed E-state index contributed by atoms with van der Waals surface area (Å²) in [4.78, 5) is 12.1. The molecule has 96 valence electrons. The number of hydrogen-bond acceptors (Lipinski definition) is 4. The zero-order valence-corrected chi connectivity index (χ0v) is 10.3. The first-order valence-electron chi connectivity index (χ1n) is 6.54. The summed E-state index contributed by atoms with van der Waals surface area (Å²) in [5.74, 6) is -0.356. The first kappa shape index (κ1) is 11.6. The molecule has 17 heavy (non-hydrogen) atoms. The van der Waals surface area contributed by atoms with Crippen LogP contribution >= 0.6 is 0 Å². The fourth-order valence-corrected chi connectivity index (χ4v) is 3.70. The van der Waals surface area contributed by atoms with E-state index in [-0.39, 0.29) is 23.2 Å². The summed E-state index contributed by atoms with van der Waals surface area (Å²) in [6.07, 6.45) is 2.98. The Morgan fingerprint density at radius 1 is 1.29 bits per heavy atom. The Morgan fingerprint density at radius 3 is 2.71 bits per heavy atom. The van der Waals surface area contributed by atoms with Gasteiger partial charge in [0, 0.05) is 30.6 Å². The summed E-state index contributed by atoms with van der Waals surface area (Å²) in [6, 6.07) is 0. The van der Waals surface area contributed by atoms with E-state index in [0.717, 1.165) is 12.8 Å². The first-order valence-corrected chi connectivity index (χ1v) is 6.54. The van der Waals surface area contributed by atoms with Gasteiger partial charge in [-0.1, -0.05) is 6.92 Å². The topological polar surface area (TPSA) is 55.8 Å². The molecule has 1 N–H and O–H groups in total. The Labute approximate surface area is 101 Å². The molecule has 3 fully saturated rings. The average Bonchev–Trinajstić information content (AvgIpc) is 2.76. The quantitative estimate of drug-likeness (QED) is 0.692. The van der Waals surface area contributed by atoms with Gasteiger partial charge in [-0.15, -0.1) is 0 Å². The van der Waals surface area contributed by atoms with E-state index in [2.05, 4.69) is 0 Å². The normalized spacial score (nSPS) is 44.9. The minimum atomic E-state index is -0.531. The van der Waals surface area contributed by atoms with Gasteiger partial charge in [0.15, 0.2) is 5.79 Å². The van der Waals surface area contributed by atoms with Gasteiger partial charge < -0.3 is 14.6 Å². The summed E-state index contributed by atoms with van der Waals surface area (Å²) in [7, 11) is 0. The number of carbonyl (C=O) groups is 1. The van der Waals surface area contributed by atoms with Crippen molar-refractivity contribution in [1.29, 1.82) is 0 Å². The lowest BCUT2D eigenvalue weighted by molar-refractivity contribution is -0.221. The van der Waals surface area contributed by atoms with Crippen LogP contribution < -0.4 is 0 Å². The summed E-state index contributed by atoms with van der Waals surface area (Å²) >= 11 is 0. The standard InChI is InChI=1S/C13H20O4/c1-12-4-5-13(16-6-7-17-13)8-9(12)10(14)2-3-11(12)15/h9,11,15H,2-8H2,1H3/t9-,11?,12+/m1/s1. The molecule has 0 aromatic rings. The maximum absolute atomic E-state index is 12.1. The second-order valence-corrected chi connectivity index (χ2v) is 5.89. The van der Waals surface area contributed by atoms with Gasteiger partial charge in [0.2, 0.25) is 0 Å². The van der Waals surface area contributed by atoms with Crippen LogP contribution in [0.15, 0.2) is 0 Å². The number of aliphatic hydroxyl groups is 1. The van der Waals surface area contributed by atoms with Crippen LogP contribution in [0.5, 0.6) is 0 Å². The maximum Gasteiger partial charge on any atom is 0.169 e. The first-order chi connectivity index (χ1) is 8.06. The van der Waals surface area contributed by atoms with Crippen molar-refractivity contribution >= 4 is 5.78 Å². The Kier molecular flexibility index (Phi) is 2.58. The highest BCUT2D eigenvalue weighted by molar-refractivity contribution is 5.83. The van der Waals surface area contributed by atoms with Gasteiger partial charge in [0.1, 0.15) is 5.78 Å². The molecule has 0 aromatic heterocycles. The van der Waals surface area contributed by atoms with E-state index < -0.39 is 5.79 Å². The van der Waals surface area contributed by atoms with Crippen LogP contribution in [0.4, 0.5) is 0 Å². The minimum Gasteiger partial charge on any atom is -0.393 e. The lowest BCUT2D eigenvalue weighted by atomic mass is 9.57. The van der Waals surface area contributed by atoms with Crippen LogP contribution in [0, 0.1) is 11.3 Å². The highest BCUT2D eigenvalue weighted by Gasteiger charge is 2.56. The van der Waals surface area contributed by atoms with Gasteiger partial charge in [0.25, 0.3) is 0 Å². The van der Waals surface area contributed by atoms with Crippen LogP contribution in [0.1, 0.15) is 39.0 Å².